The highest BCUT2D eigenvalue weighted by molar-refractivity contribution is 5.60. The van der Waals surface area contributed by atoms with Crippen LogP contribution in [0.1, 0.15) is 48.7 Å². The molecule has 4 unspecified atom stereocenters. The van der Waals surface area contributed by atoms with E-state index < -0.39 is 17.8 Å². The molecule has 0 spiro atoms. The molecular formula is C20H20O7. The Hall–Kier alpha value is -2.64. The van der Waals surface area contributed by atoms with Gasteiger partial charge in [0.15, 0.2) is 11.5 Å². The normalized spacial score (nSPS) is 29.3. The largest absolute Gasteiger partial charge is 0.504 e. The number of rotatable bonds is 0. The zero-order chi connectivity index (χ0) is 19.1. The van der Waals surface area contributed by atoms with Gasteiger partial charge in [-0.15, -0.1) is 0 Å². The lowest BCUT2D eigenvalue weighted by Crippen LogP contribution is -2.48. The minimum atomic E-state index is -1.06. The maximum absolute atomic E-state index is 10.6. The van der Waals surface area contributed by atoms with E-state index in [0.29, 0.717) is 22.6 Å². The SMILES string of the molecule is CC1(C)Oc2cc3c(cc2C(O)C1O)C1COc2c(ccc(O)c2O)C1O3. The van der Waals surface area contributed by atoms with Crippen LogP contribution in [0, 0.1) is 0 Å². The van der Waals surface area contributed by atoms with Crippen LogP contribution >= 0.6 is 0 Å². The quantitative estimate of drug-likeness (QED) is 0.525. The highest BCUT2D eigenvalue weighted by atomic mass is 16.5. The van der Waals surface area contributed by atoms with E-state index in [1.54, 1.807) is 32.0 Å². The van der Waals surface area contributed by atoms with Gasteiger partial charge >= 0.3 is 0 Å². The van der Waals surface area contributed by atoms with Gasteiger partial charge in [0, 0.05) is 22.8 Å². The van der Waals surface area contributed by atoms with Gasteiger partial charge in [-0.25, -0.2) is 0 Å². The second-order valence-electron chi connectivity index (χ2n) is 7.83. The van der Waals surface area contributed by atoms with Crippen molar-refractivity contribution in [3.63, 3.8) is 0 Å². The smallest absolute Gasteiger partial charge is 0.200 e. The molecule has 27 heavy (non-hydrogen) atoms. The maximum Gasteiger partial charge on any atom is 0.200 e. The van der Waals surface area contributed by atoms with Gasteiger partial charge in [-0.1, -0.05) is 0 Å². The van der Waals surface area contributed by atoms with Gasteiger partial charge in [0.25, 0.3) is 0 Å². The topological polar surface area (TPSA) is 109 Å². The van der Waals surface area contributed by atoms with E-state index in [4.69, 9.17) is 14.2 Å². The van der Waals surface area contributed by atoms with Gasteiger partial charge in [-0.05, 0) is 32.0 Å². The van der Waals surface area contributed by atoms with Crippen LogP contribution in [-0.2, 0) is 0 Å². The van der Waals surface area contributed by atoms with Crippen LogP contribution in [0.15, 0.2) is 24.3 Å². The molecule has 7 nitrogen and oxygen atoms in total. The van der Waals surface area contributed by atoms with Crippen LogP contribution in [0.4, 0.5) is 0 Å². The van der Waals surface area contributed by atoms with E-state index in [2.05, 4.69) is 0 Å². The summed E-state index contributed by atoms with van der Waals surface area (Å²) in [5, 5.41) is 40.7. The van der Waals surface area contributed by atoms with Crippen LogP contribution in [0.3, 0.4) is 0 Å². The summed E-state index contributed by atoms with van der Waals surface area (Å²) < 4.78 is 17.7. The van der Waals surface area contributed by atoms with E-state index in [9.17, 15) is 20.4 Å². The lowest BCUT2D eigenvalue weighted by atomic mass is 9.84. The Labute approximate surface area is 155 Å². The van der Waals surface area contributed by atoms with Crippen molar-refractivity contribution in [1.82, 2.24) is 0 Å². The summed E-state index contributed by atoms with van der Waals surface area (Å²) in [6.45, 7) is 3.69. The van der Waals surface area contributed by atoms with Crippen molar-refractivity contribution in [3.05, 3.63) is 41.0 Å². The number of ether oxygens (including phenoxy) is 3. The van der Waals surface area contributed by atoms with Gasteiger partial charge in [0.05, 0.1) is 12.5 Å². The van der Waals surface area contributed by atoms with E-state index in [0.717, 1.165) is 5.56 Å². The number of aromatic hydroxyl groups is 2. The van der Waals surface area contributed by atoms with E-state index in [1.165, 1.54) is 6.07 Å². The Morgan fingerprint density at radius 2 is 1.78 bits per heavy atom. The molecule has 2 aromatic carbocycles. The fraction of sp³-hybridized carbons (Fsp3) is 0.400. The Bertz CT molecular complexity index is 952. The van der Waals surface area contributed by atoms with Gasteiger partial charge in [0.2, 0.25) is 5.75 Å². The summed E-state index contributed by atoms with van der Waals surface area (Å²) in [5.41, 5.74) is 1.10. The number of aliphatic hydroxyl groups excluding tert-OH is 2. The summed E-state index contributed by atoms with van der Waals surface area (Å²) in [5.74, 6) is 0.638. The van der Waals surface area contributed by atoms with Crippen molar-refractivity contribution >= 4 is 0 Å². The monoisotopic (exact) mass is 372 g/mol. The van der Waals surface area contributed by atoms with E-state index in [-0.39, 0.29) is 35.9 Å². The first-order valence-corrected chi connectivity index (χ1v) is 8.85. The summed E-state index contributed by atoms with van der Waals surface area (Å²) in [6, 6.07) is 6.61. The summed E-state index contributed by atoms with van der Waals surface area (Å²) >= 11 is 0. The van der Waals surface area contributed by atoms with Crippen molar-refractivity contribution in [3.8, 4) is 28.7 Å². The molecule has 0 saturated carbocycles. The minimum absolute atomic E-state index is 0.138. The fourth-order valence-corrected chi connectivity index (χ4v) is 4.17. The number of benzene rings is 2. The molecule has 142 valence electrons. The number of hydrogen-bond donors (Lipinski definition) is 4. The summed E-state index contributed by atoms with van der Waals surface area (Å²) in [4.78, 5) is 0. The average Bonchev–Trinajstić information content (AvgIpc) is 2.99. The predicted molar refractivity (Wildman–Crippen MR) is 93.5 cm³/mol. The number of hydrogen-bond acceptors (Lipinski definition) is 7. The van der Waals surface area contributed by atoms with Crippen molar-refractivity contribution in [2.24, 2.45) is 0 Å². The van der Waals surface area contributed by atoms with Crippen LogP contribution in [0.5, 0.6) is 28.7 Å². The summed E-state index contributed by atoms with van der Waals surface area (Å²) in [7, 11) is 0. The number of phenolic OH excluding ortho intramolecular Hbond substituents is 2. The standard InChI is InChI=1S/C20H20O7/c1-20(2)19(24)15(22)10-5-9-11-7-25-18-8(3-4-12(21)16(18)23)17(11)26-13(9)6-14(10)27-20/h3-6,11,15,17,19,21-24H,7H2,1-2H3. The van der Waals surface area contributed by atoms with Crippen molar-refractivity contribution in [2.75, 3.05) is 6.61 Å². The van der Waals surface area contributed by atoms with Crippen LogP contribution in [-0.4, -0.2) is 38.7 Å². The van der Waals surface area contributed by atoms with Crippen LogP contribution < -0.4 is 14.2 Å². The van der Waals surface area contributed by atoms with Gasteiger partial charge in [-0.3, -0.25) is 0 Å². The molecule has 0 amide bonds. The number of fused-ring (bicyclic) bond motifs is 6. The lowest BCUT2D eigenvalue weighted by Gasteiger charge is -2.40. The highest BCUT2D eigenvalue weighted by Crippen LogP contribution is 2.56. The second kappa shape index (κ2) is 5.21. The van der Waals surface area contributed by atoms with Crippen molar-refractivity contribution < 1.29 is 34.6 Å². The third kappa shape index (κ3) is 2.15. The molecule has 2 aromatic rings. The molecule has 0 bridgehead atoms. The molecule has 0 radical (unpaired) electrons. The second-order valence-corrected chi connectivity index (χ2v) is 7.83. The van der Waals surface area contributed by atoms with Crippen LogP contribution in [0.2, 0.25) is 0 Å². The third-order valence-electron chi connectivity index (χ3n) is 5.72. The predicted octanol–water partition coefficient (Wildman–Crippen LogP) is 2.27. The fourth-order valence-electron chi connectivity index (χ4n) is 4.17. The van der Waals surface area contributed by atoms with Crippen molar-refractivity contribution in [1.29, 1.82) is 0 Å². The molecule has 4 N–H and O–H groups in total. The lowest BCUT2D eigenvalue weighted by molar-refractivity contribution is -0.111. The molecule has 3 aliphatic heterocycles. The Morgan fingerprint density at radius 3 is 2.56 bits per heavy atom. The first-order chi connectivity index (χ1) is 12.8. The Balaban J connectivity index is 1.59. The molecule has 0 fully saturated rings. The number of phenols is 2. The Kier molecular flexibility index (Phi) is 3.19. The molecule has 3 aliphatic rings. The van der Waals surface area contributed by atoms with E-state index in [1.807, 2.05) is 0 Å². The van der Waals surface area contributed by atoms with Gasteiger partial charge < -0.3 is 34.6 Å². The van der Waals surface area contributed by atoms with Gasteiger partial charge in [0.1, 0.15) is 35.4 Å². The van der Waals surface area contributed by atoms with E-state index >= 15 is 0 Å². The molecule has 0 aromatic heterocycles. The first kappa shape index (κ1) is 16.5. The molecule has 4 atom stereocenters. The zero-order valence-electron chi connectivity index (χ0n) is 14.8. The minimum Gasteiger partial charge on any atom is -0.504 e. The maximum atomic E-state index is 10.6. The molecule has 0 saturated heterocycles. The number of aliphatic hydroxyl groups is 2. The van der Waals surface area contributed by atoms with Gasteiger partial charge in [-0.2, -0.15) is 0 Å². The molecule has 5 rings (SSSR count). The molecular weight excluding hydrogens is 352 g/mol. The highest BCUT2D eigenvalue weighted by Gasteiger charge is 2.46. The zero-order valence-corrected chi connectivity index (χ0v) is 14.8. The molecule has 0 aliphatic carbocycles. The molecule has 3 heterocycles. The van der Waals surface area contributed by atoms with Crippen molar-refractivity contribution in [2.45, 2.75) is 43.7 Å². The summed E-state index contributed by atoms with van der Waals surface area (Å²) in [6.07, 6.45) is -2.50. The van der Waals surface area contributed by atoms with Crippen LogP contribution in [0.25, 0.3) is 0 Å². The first-order valence-electron chi connectivity index (χ1n) is 8.85. The Morgan fingerprint density at radius 1 is 1.00 bits per heavy atom. The molecule has 7 heteroatoms. The third-order valence-corrected chi connectivity index (χ3v) is 5.72. The average molecular weight is 372 g/mol.